The summed E-state index contributed by atoms with van der Waals surface area (Å²) in [5.74, 6) is -0.287. The van der Waals surface area contributed by atoms with E-state index in [-0.39, 0.29) is 29.8 Å². The van der Waals surface area contributed by atoms with Gasteiger partial charge in [0.05, 0.1) is 6.04 Å². The van der Waals surface area contributed by atoms with Gasteiger partial charge in [0.15, 0.2) is 0 Å². The Morgan fingerprint density at radius 1 is 1.16 bits per heavy atom. The Balaban J connectivity index is 1.44. The van der Waals surface area contributed by atoms with Crippen molar-refractivity contribution in [1.29, 1.82) is 0 Å². The van der Waals surface area contributed by atoms with Crippen LogP contribution in [-0.4, -0.2) is 34.8 Å². The molecule has 1 heterocycles. The van der Waals surface area contributed by atoms with E-state index in [1.165, 1.54) is 0 Å². The van der Waals surface area contributed by atoms with E-state index in [2.05, 4.69) is 37.5 Å². The van der Waals surface area contributed by atoms with Crippen LogP contribution >= 0.6 is 0 Å². The summed E-state index contributed by atoms with van der Waals surface area (Å²) in [4.78, 5) is 39.6. The first kappa shape index (κ1) is 21.3. The van der Waals surface area contributed by atoms with E-state index in [0.717, 1.165) is 27.7 Å². The van der Waals surface area contributed by atoms with E-state index in [1.54, 1.807) is 0 Å². The fourth-order valence-corrected chi connectivity index (χ4v) is 5.64. The zero-order valence-corrected chi connectivity index (χ0v) is 18.7. The van der Waals surface area contributed by atoms with Crippen molar-refractivity contribution in [2.24, 2.45) is 11.3 Å². The molecule has 6 nitrogen and oxygen atoms in total. The summed E-state index contributed by atoms with van der Waals surface area (Å²) in [6.07, 6.45) is 2.23. The summed E-state index contributed by atoms with van der Waals surface area (Å²) >= 11 is 0. The van der Waals surface area contributed by atoms with Gasteiger partial charge in [-0.3, -0.25) is 14.5 Å². The van der Waals surface area contributed by atoms with E-state index >= 15 is 0 Å². The van der Waals surface area contributed by atoms with Gasteiger partial charge in [-0.2, -0.15) is 0 Å². The zero-order chi connectivity index (χ0) is 22.4. The molecule has 2 aromatic rings. The van der Waals surface area contributed by atoms with E-state index in [9.17, 15) is 14.4 Å². The number of benzene rings is 2. The molecule has 4 amide bonds. The van der Waals surface area contributed by atoms with Crippen LogP contribution in [0.15, 0.2) is 42.5 Å². The van der Waals surface area contributed by atoms with E-state index < -0.39 is 11.6 Å². The number of carbonyl (C=O) groups excluding carboxylic acids is 3. The van der Waals surface area contributed by atoms with Crippen LogP contribution < -0.4 is 10.6 Å². The maximum atomic E-state index is 13.2. The standard InChI is InChI=1S/C25H31N3O3/c1-16-12-24(3,4)15-25(13-16)22(30)28(23(31)27-25)14-21(29)26-17(2)19-10-9-18-7-5-6-8-20(18)11-19/h5-11,16-17H,12-15H2,1-4H3,(H,26,29)(H,27,31)/t16-,17+,25-/m1/s1. The summed E-state index contributed by atoms with van der Waals surface area (Å²) in [6.45, 7) is 8.01. The van der Waals surface area contributed by atoms with Gasteiger partial charge in [0, 0.05) is 0 Å². The summed E-state index contributed by atoms with van der Waals surface area (Å²) in [5, 5.41) is 8.10. The molecule has 1 aliphatic heterocycles. The third-order valence-electron chi connectivity index (χ3n) is 6.58. The van der Waals surface area contributed by atoms with Gasteiger partial charge in [0.25, 0.3) is 5.91 Å². The van der Waals surface area contributed by atoms with Gasteiger partial charge in [-0.25, -0.2) is 4.79 Å². The third kappa shape index (κ3) is 4.16. The molecular formula is C25H31N3O3. The van der Waals surface area contributed by atoms with Crippen molar-refractivity contribution in [3.63, 3.8) is 0 Å². The van der Waals surface area contributed by atoms with Gasteiger partial charge in [-0.1, -0.05) is 57.2 Å². The second-order valence-corrected chi connectivity index (χ2v) is 10.2. The molecule has 0 aromatic heterocycles. The molecule has 2 aliphatic rings. The number of carbonyl (C=O) groups is 3. The fourth-order valence-electron chi connectivity index (χ4n) is 5.64. The van der Waals surface area contributed by atoms with Gasteiger partial charge in [0.2, 0.25) is 5.91 Å². The molecular weight excluding hydrogens is 390 g/mol. The van der Waals surface area contributed by atoms with Crippen LogP contribution in [-0.2, 0) is 9.59 Å². The monoisotopic (exact) mass is 421 g/mol. The molecule has 1 saturated heterocycles. The van der Waals surface area contributed by atoms with E-state index in [1.807, 2.05) is 43.3 Å². The Morgan fingerprint density at radius 2 is 1.87 bits per heavy atom. The molecule has 1 spiro atoms. The zero-order valence-electron chi connectivity index (χ0n) is 18.7. The summed E-state index contributed by atoms with van der Waals surface area (Å²) in [5.41, 5.74) is 0.0509. The third-order valence-corrected chi connectivity index (χ3v) is 6.58. The molecule has 0 radical (unpaired) electrons. The smallest absolute Gasteiger partial charge is 0.325 e. The lowest BCUT2D eigenvalue weighted by atomic mass is 9.64. The molecule has 2 N–H and O–H groups in total. The number of imide groups is 1. The molecule has 1 aliphatic carbocycles. The van der Waals surface area contributed by atoms with Crippen molar-refractivity contribution in [3.05, 3.63) is 48.0 Å². The van der Waals surface area contributed by atoms with Crippen LogP contribution in [0, 0.1) is 11.3 Å². The largest absolute Gasteiger partial charge is 0.348 e. The predicted molar refractivity (Wildman–Crippen MR) is 120 cm³/mol. The van der Waals surface area contributed by atoms with Crippen molar-refractivity contribution in [2.75, 3.05) is 6.54 Å². The topological polar surface area (TPSA) is 78.5 Å². The van der Waals surface area contributed by atoms with Gasteiger partial charge in [-0.15, -0.1) is 0 Å². The molecule has 3 atom stereocenters. The highest BCUT2D eigenvalue weighted by molar-refractivity contribution is 6.09. The van der Waals surface area contributed by atoms with Crippen LogP contribution in [0.5, 0.6) is 0 Å². The van der Waals surface area contributed by atoms with Crippen LogP contribution in [0.3, 0.4) is 0 Å². The first-order valence-electron chi connectivity index (χ1n) is 11.0. The van der Waals surface area contributed by atoms with Crippen molar-refractivity contribution < 1.29 is 14.4 Å². The first-order chi connectivity index (χ1) is 14.6. The number of nitrogens with one attached hydrogen (secondary N) is 2. The molecule has 1 saturated carbocycles. The molecule has 2 aromatic carbocycles. The van der Waals surface area contributed by atoms with E-state index in [4.69, 9.17) is 0 Å². The Bertz CT molecular complexity index is 1050. The Kier molecular flexibility index (Phi) is 5.28. The number of fused-ring (bicyclic) bond motifs is 1. The van der Waals surface area contributed by atoms with Gasteiger partial charge in [-0.05, 0) is 59.9 Å². The minimum Gasteiger partial charge on any atom is -0.348 e. The minimum absolute atomic E-state index is 0.0382. The van der Waals surface area contributed by atoms with E-state index in [0.29, 0.717) is 18.8 Å². The fraction of sp³-hybridized carbons (Fsp3) is 0.480. The Labute approximate surface area is 183 Å². The lowest BCUT2D eigenvalue weighted by Gasteiger charge is -2.43. The maximum Gasteiger partial charge on any atom is 0.325 e. The highest BCUT2D eigenvalue weighted by Crippen LogP contribution is 2.46. The lowest BCUT2D eigenvalue weighted by molar-refractivity contribution is -0.137. The number of hydrogen-bond acceptors (Lipinski definition) is 3. The predicted octanol–water partition coefficient (Wildman–Crippen LogP) is 4.15. The normalized spacial score (nSPS) is 26.2. The molecule has 6 heteroatoms. The van der Waals surface area contributed by atoms with Gasteiger partial charge in [0.1, 0.15) is 12.1 Å². The number of urea groups is 1. The van der Waals surface area contributed by atoms with Crippen molar-refractivity contribution in [1.82, 2.24) is 15.5 Å². The second kappa shape index (κ2) is 7.66. The quantitative estimate of drug-likeness (QED) is 0.728. The van der Waals surface area contributed by atoms with Gasteiger partial charge < -0.3 is 10.6 Å². The highest BCUT2D eigenvalue weighted by Gasteiger charge is 2.56. The van der Waals surface area contributed by atoms with Crippen molar-refractivity contribution >= 4 is 28.6 Å². The Morgan fingerprint density at radius 3 is 2.58 bits per heavy atom. The molecule has 4 rings (SSSR count). The molecule has 2 fully saturated rings. The second-order valence-electron chi connectivity index (χ2n) is 10.2. The maximum absolute atomic E-state index is 13.2. The van der Waals surface area contributed by atoms with Crippen LogP contribution in [0.4, 0.5) is 4.79 Å². The number of hydrogen-bond donors (Lipinski definition) is 2. The number of amides is 4. The highest BCUT2D eigenvalue weighted by atomic mass is 16.2. The summed E-state index contributed by atoms with van der Waals surface area (Å²) in [7, 11) is 0. The van der Waals surface area contributed by atoms with Crippen LogP contribution in [0.1, 0.15) is 58.6 Å². The molecule has 0 unspecified atom stereocenters. The summed E-state index contributed by atoms with van der Waals surface area (Å²) < 4.78 is 0. The molecule has 0 bridgehead atoms. The SMILES string of the molecule is C[C@@H]1CC(C)(C)C[C@@]2(C1)NC(=O)N(CC(=O)N[C@@H](C)c1ccc3ccccc3c1)C2=O. The average molecular weight is 422 g/mol. The number of rotatable bonds is 4. The van der Waals surface area contributed by atoms with Gasteiger partial charge >= 0.3 is 6.03 Å². The average Bonchev–Trinajstić information content (AvgIpc) is 2.89. The van der Waals surface area contributed by atoms with Crippen LogP contribution in [0.2, 0.25) is 0 Å². The molecule has 164 valence electrons. The first-order valence-corrected chi connectivity index (χ1v) is 11.0. The van der Waals surface area contributed by atoms with Crippen molar-refractivity contribution in [2.45, 2.75) is 58.5 Å². The number of nitrogens with zero attached hydrogens (tertiary/aromatic N) is 1. The molecule has 31 heavy (non-hydrogen) atoms. The van der Waals surface area contributed by atoms with Crippen LogP contribution in [0.25, 0.3) is 10.8 Å². The minimum atomic E-state index is -0.886. The van der Waals surface area contributed by atoms with Crippen molar-refractivity contribution in [3.8, 4) is 0 Å². The Hall–Kier alpha value is -2.89. The summed E-state index contributed by atoms with van der Waals surface area (Å²) in [6, 6.07) is 13.4. The lowest BCUT2D eigenvalue weighted by Crippen LogP contribution is -2.54.